The SMILES string of the molecule is N.N.N.N.N.N.O.O.O.O.O=P([O-])([O-])OP(=O)([O-])O.O=P([O-])([O-])OP(=O)([O-])O.[Cr+6].[Cr+6]. The van der Waals surface area contributed by atoms with Gasteiger partial charge in [-0.2, -0.15) is 0 Å². The predicted molar refractivity (Wildman–Crippen MR) is 81.6 cm³/mol. The molecule has 30 heavy (non-hydrogen) atoms. The quantitative estimate of drug-likeness (QED) is 0.134. The van der Waals surface area contributed by atoms with Crippen molar-refractivity contribution in [3.05, 3.63) is 0 Å². The topological polar surface area (TPSA) is 602 Å². The molecule has 24 nitrogen and oxygen atoms in total. The van der Waals surface area contributed by atoms with E-state index in [9.17, 15) is 47.6 Å². The Morgan fingerprint density at radius 2 is 0.567 bits per heavy atom. The molecule has 0 aromatic carbocycles. The summed E-state index contributed by atoms with van der Waals surface area (Å²) in [7, 11) is -22.1. The van der Waals surface area contributed by atoms with Gasteiger partial charge in [-0.05, 0) is 0 Å². The Balaban J connectivity index is -0.0000000102. The van der Waals surface area contributed by atoms with Crippen LogP contribution < -0.4 is 66.3 Å². The number of phosphoric acid groups is 4. The Morgan fingerprint density at radius 3 is 0.567 bits per heavy atom. The summed E-state index contributed by atoms with van der Waals surface area (Å²) in [6, 6.07) is 0. The molecule has 0 saturated heterocycles. The first-order chi connectivity index (χ1) is 7.41. The maximum atomic E-state index is 9.44. The van der Waals surface area contributed by atoms with Crippen LogP contribution in [0.1, 0.15) is 0 Å². The van der Waals surface area contributed by atoms with E-state index >= 15 is 0 Å². The first-order valence-electron chi connectivity index (χ1n) is 2.96. The van der Waals surface area contributed by atoms with Gasteiger partial charge in [0.15, 0.2) is 0 Å². The summed E-state index contributed by atoms with van der Waals surface area (Å²) < 4.78 is 42.9. The predicted octanol–water partition coefficient (Wildman–Crippen LogP) is -7.75. The van der Waals surface area contributed by atoms with Crippen molar-refractivity contribution in [1.82, 2.24) is 36.9 Å². The summed E-state index contributed by atoms with van der Waals surface area (Å²) in [5.74, 6) is 0. The van der Waals surface area contributed by atoms with Crippen LogP contribution in [-0.4, -0.2) is 31.7 Å². The summed E-state index contributed by atoms with van der Waals surface area (Å²) in [6.45, 7) is 0. The second kappa shape index (κ2) is 34.8. The molecule has 0 bridgehead atoms. The van der Waals surface area contributed by atoms with Gasteiger partial charge in [-0.15, -0.1) is 0 Å². The maximum absolute atomic E-state index is 9.44. The van der Waals surface area contributed by atoms with E-state index in [1.54, 1.807) is 0 Å². The molecular weight excluding hydrogens is 600 g/mol. The van der Waals surface area contributed by atoms with Crippen molar-refractivity contribution in [2.45, 2.75) is 0 Å². The van der Waals surface area contributed by atoms with E-state index in [2.05, 4.69) is 8.62 Å². The van der Waals surface area contributed by atoms with Crippen LogP contribution in [0, 0.1) is 0 Å². The average molecular weight is 628 g/mol. The Hall–Kier alpha value is 1.18. The molecule has 30 heteroatoms. The van der Waals surface area contributed by atoms with Gasteiger partial charge in [0.2, 0.25) is 0 Å². The Bertz CT molecular complexity index is 370. The fraction of sp³-hybridized carbons (Fsp3) is 0. The average Bonchev–Trinajstić information content (AvgIpc) is 1.64. The van der Waals surface area contributed by atoms with E-state index in [-0.39, 0.29) is 93.5 Å². The normalized spacial score (nSPS) is 11.5. The Kier molecular flexibility index (Phi) is 112. The summed E-state index contributed by atoms with van der Waals surface area (Å²) in [5, 5.41) is 0. The number of hydrogen-bond acceptors (Lipinski definition) is 18. The molecule has 2 atom stereocenters. The molecule has 0 rings (SSSR count). The van der Waals surface area contributed by atoms with Crippen molar-refractivity contribution < 1.29 is 123 Å². The van der Waals surface area contributed by atoms with Crippen LogP contribution in [-0.2, 0) is 61.6 Å². The van der Waals surface area contributed by atoms with Gasteiger partial charge >= 0.3 is 34.7 Å². The molecule has 0 aromatic heterocycles. The molecule has 0 saturated carbocycles. The van der Waals surface area contributed by atoms with Gasteiger partial charge < -0.3 is 107 Å². The monoisotopic (exact) mass is 628 g/mol. The van der Waals surface area contributed by atoms with E-state index in [0.717, 1.165) is 0 Å². The smallest absolute Gasteiger partial charge is 0.790 e. The second-order valence-electron chi connectivity index (χ2n) is 1.99. The Labute approximate surface area is 191 Å². The van der Waals surface area contributed by atoms with Gasteiger partial charge in [-0.25, -0.2) is 0 Å². The van der Waals surface area contributed by atoms with Gasteiger partial charge in [0.1, 0.15) is 0 Å². The van der Waals surface area contributed by atoms with E-state index in [0.29, 0.717) is 0 Å². The fourth-order valence-electron chi connectivity index (χ4n) is 0.253. The van der Waals surface area contributed by atoms with E-state index < -0.39 is 31.3 Å². The van der Waals surface area contributed by atoms with Gasteiger partial charge in [-0.3, -0.25) is 17.8 Å². The molecule has 0 aliphatic rings. The van der Waals surface area contributed by atoms with E-state index in [1.807, 2.05) is 0 Å². The van der Waals surface area contributed by atoms with Crippen molar-refractivity contribution in [2.24, 2.45) is 0 Å². The zero-order valence-corrected chi connectivity index (χ0v) is 20.8. The summed E-state index contributed by atoms with van der Waals surface area (Å²) in [6.07, 6.45) is 0. The minimum Gasteiger partial charge on any atom is -0.790 e. The van der Waals surface area contributed by atoms with Gasteiger partial charge in [0.05, 0.1) is 15.6 Å². The molecule has 0 radical (unpaired) electrons. The van der Waals surface area contributed by atoms with Gasteiger partial charge in [-0.1, -0.05) is 0 Å². The molecule has 0 aromatic rings. The first kappa shape index (κ1) is 96.2. The summed E-state index contributed by atoms with van der Waals surface area (Å²) >= 11 is 0. The first-order valence-corrected chi connectivity index (χ1v) is 8.87. The zero-order valence-electron chi connectivity index (χ0n) is 14.6. The zero-order chi connectivity index (χ0) is 15.4. The van der Waals surface area contributed by atoms with Crippen LogP contribution in [0.15, 0.2) is 0 Å². The van der Waals surface area contributed by atoms with Crippen molar-refractivity contribution >= 4 is 31.3 Å². The molecule has 0 heterocycles. The fourth-order valence-corrected chi connectivity index (χ4v) is 2.27. The second-order valence-corrected chi connectivity index (χ2v) is 6.96. The van der Waals surface area contributed by atoms with Crippen LogP contribution >= 0.6 is 31.3 Å². The minimum absolute atomic E-state index is 0. The number of rotatable bonds is 4. The number of hydrogen-bond donors (Lipinski definition) is 8. The van der Waals surface area contributed by atoms with Crippen LogP contribution in [0.25, 0.3) is 0 Å². The van der Waals surface area contributed by atoms with Gasteiger partial charge in [0, 0.05) is 0 Å². The van der Waals surface area contributed by atoms with Crippen molar-refractivity contribution in [2.75, 3.05) is 0 Å². The van der Waals surface area contributed by atoms with Gasteiger partial charge in [0.25, 0.3) is 15.6 Å². The molecule has 2 unspecified atom stereocenters. The van der Waals surface area contributed by atoms with Crippen molar-refractivity contribution in [3.63, 3.8) is 0 Å². The van der Waals surface area contributed by atoms with Crippen LogP contribution in [0.5, 0.6) is 0 Å². The summed E-state index contributed by atoms with van der Waals surface area (Å²) in [5.41, 5.74) is 0. The van der Waals surface area contributed by atoms with Crippen molar-refractivity contribution in [1.29, 1.82) is 0 Å². The molecular formula is H28Cr2N6O18P4+6. The van der Waals surface area contributed by atoms with Crippen LogP contribution in [0.3, 0.4) is 0 Å². The van der Waals surface area contributed by atoms with Crippen LogP contribution in [0.2, 0.25) is 0 Å². The minimum atomic E-state index is -5.61. The van der Waals surface area contributed by atoms with E-state index in [1.165, 1.54) is 0 Å². The molecule has 0 aliphatic heterocycles. The molecule has 192 valence electrons. The third kappa shape index (κ3) is 133. The standard InChI is InChI=1S/2Cr.6H3N.2H4O7P2.4H2O/c;;;;;;;;2*1-8(2,3)7-9(4,5)6;;;;/h;;6*1H3;2*(H2,1,2,3)(H2,4,5,6);4*1H2/q2*+6;;;;;;;;;;;;/p-6. The summed E-state index contributed by atoms with van der Waals surface area (Å²) in [4.78, 5) is 71.4. The van der Waals surface area contributed by atoms with Crippen LogP contribution in [0.4, 0.5) is 0 Å². The third-order valence-electron chi connectivity index (χ3n) is 0.406. The molecule has 0 amide bonds. The van der Waals surface area contributed by atoms with E-state index in [4.69, 9.17) is 9.79 Å². The molecule has 28 N–H and O–H groups in total. The molecule has 0 fully saturated rings. The third-order valence-corrected chi connectivity index (χ3v) is 3.66. The molecule has 0 aliphatic carbocycles. The Morgan fingerprint density at radius 1 is 0.467 bits per heavy atom. The molecule has 0 spiro atoms. The maximum Gasteiger partial charge on any atom is 6.00 e. The van der Waals surface area contributed by atoms with Crippen molar-refractivity contribution in [3.8, 4) is 0 Å². The largest absolute Gasteiger partial charge is 6.00 e.